The van der Waals surface area contributed by atoms with Crippen LogP contribution in [0.5, 0.6) is 0 Å². The van der Waals surface area contributed by atoms with Crippen molar-refractivity contribution in [3.05, 3.63) is 64.5 Å². The number of carbonyl (C=O) groups excluding carboxylic acids is 1. The smallest absolute Gasteiger partial charge is 0.313 e. The lowest BCUT2D eigenvalue weighted by molar-refractivity contribution is 0.0990. The van der Waals surface area contributed by atoms with Crippen LogP contribution in [0.25, 0.3) is 11.5 Å². The van der Waals surface area contributed by atoms with Gasteiger partial charge in [-0.3, -0.25) is 4.79 Å². The maximum absolute atomic E-state index is 12.2. The maximum Gasteiger partial charge on any atom is 0.313 e. The van der Waals surface area contributed by atoms with Crippen LogP contribution in [-0.4, -0.2) is 16.1 Å². The van der Waals surface area contributed by atoms with E-state index in [0.717, 1.165) is 16.7 Å². The molecule has 23 heavy (non-hydrogen) atoms. The molecule has 0 unspecified atom stereocenters. The lowest BCUT2D eigenvalue weighted by Crippen LogP contribution is -2.13. The minimum absolute atomic E-state index is 0.0973. The van der Waals surface area contributed by atoms with Gasteiger partial charge in [0.15, 0.2) is 0 Å². The second kappa shape index (κ2) is 6.22. The predicted octanol–water partition coefficient (Wildman–Crippen LogP) is 4.26. The molecule has 2 aromatic carbocycles. The fraction of sp³-hybridized carbons (Fsp3) is 0.118. The molecule has 3 aromatic rings. The normalized spacial score (nSPS) is 10.6. The van der Waals surface area contributed by atoms with E-state index in [1.165, 1.54) is 0 Å². The van der Waals surface area contributed by atoms with Crippen molar-refractivity contribution >= 4 is 23.2 Å². The summed E-state index contributed by atoms with van der Waals surface area (Å²) in [7, 11) is 0. The molecule has 0 aliphatic carbocycles. The third-order valence-electron chi connectivity index (χ3n) is 3.37. The van der Waals surface area contributed by atoms with Gasteiger partial charge < -0.3 is 9.73 Å². The fourth-order valence-corrected chi connectivity index (χ4v) is 2.20. The van der Waals surface area contributed by atoms with E-state index in [0.29, 0.717) is 16.6 Å². The van der Waals surface area contributed by atoms with Gasteiger partial charge in [-0.15, -0.1) is 10.2 Å². The van der Waals surface area contributed by atoms with E-state index in [4.69, 9.17) is 16.0 Å². The predicted molar refractivity (Wildman–Crippen MR) is 88.6 cm³/mol. The number of amides is 1. The molecule has 0 spiro atoms. The first-order valence-electron chi connectivity index (χ1n) is 7.01. The average molecular weight is 328 g/mol. The summed E-state index contributed by atoms with van der Waals surface area (Å²) in [5, 5.41) is 11.0. The molecule has 6 heteroatoms. The third kappa shape index (κ3) is 3.40. The summed E-state index contributed by atoms with van der Waals surface area (Å²) >= 11 is 5.94. The van der Waals surface area contributed by atoms with Gasteiger partial charge in [-0.2, -0.15) is 0 Å². The lowest BCUT2D eigenvalue weighted by atomic mass is 10.1. The van der Waals surface area contributed by atoms with Gasteiger partial charge in [0.25, 0.3) is 0 Å². The molecule has 3 rings (SSSR count). The number of benzene rings is 2. The summed E-state index contributed by atoms with van der Waals surface area (Å²) in [4.78, 5) is 12.2. The molecule has 0 aliphatic rings. The Morgan fingerprint density at radius 1 is 1.09 bits per heavy atom. The van der Waals surface area contributed by atoms with Crippen LogP contribution in [0, 0.1) is 13.8 Å². The van der Waals surface area contributed by atoms with E-state index in [2.05, 4.69) is 15.5 Å². The molecule has 116 valence electrons. The van der Waals surface area contributed by atoms with Crippen molar-refractivity contribution in [2.24, 2.45) is 0 Å². The van der Waals surface area contributed by atoms with E-state index in [1.54, 1.807) is 12.1 Å². The SMILES string of the molecule is Cc1ccc(-c2nnc(C(=O)Nc3cc(Cl)ccc3C)o2)cc1. The van der Waals surface area contributed by atoms with E-state index in [9.17, 15) is 4.79 Å². The average Bonchev–Trinajstić information content (AvgIpc) is 3.02. The quantitative estimate of drug-likeness (QED) is 0.780. The number of carbonyl (C=O) groups is 1. The van der Waals surface area contributed by atoms with Crippen molar-refractivity contribution < 1.29 is 9.21 Å². The molecular formula is C17H14ClN3O2. The van der Waals surface area contributed by atoms with Gasteiger partial charge in [0.1, 0.15) is 0 Å². The van der Waals surface area contributed by atoms with Gasteiger partial charge in [-0.1, -0.05) is 35.4 Å². The topological polar surface area (TPSA) is 68.0 Å². The fourth-order valence-electron chi connectivity index (χ4n) is 2.03. The number of hydrogen-bond acceptors (Lipinski definition) is 4. The number of halogens is 1. The van der Waals surface area contributed by atoms with Gasteiger partial charge in [0.05, 0.1) is 0 Å². The highest BCUT2D eigenvalue weighted by molar-refractivity contribution is 6.31. The van der Waals surface area contributed by atoms with E-state index in [1.807, 2.05) is 44.2 Å². The van der Waals surface area contributed by atoms with E-state index >= 15 is 0 Å². The first-order valence-corrected chi connectivity index (χ1v) is 7.39. The van der Waals surface area contributed by atoms with Crippen LogP contribution >= 0.6 is 11.6 Å². The molecule has 1 aromatic heterocycles. The van der Waals surface area contributed by atoms with Gasteiger partial charge >= 0.3 is 11.8 Å². The van der Waals surface area contributed by atoms with E-state index < -0.39 is 5.91 Å². The van der Waals surface area contributed by atoms with Gasteiger partial charge in [-0.05, 0) is 43.7 Å². The molecule has 1 amide bonds. The molecule has 0 bridgehead atoms. The molecule has 0 saturated carbocycles. The molecule has 0 aliphatic heterocycles. The Hall–Kier alpha value is -2.66. The minimum Gasteiger partial charge on any atom is -0.412 e. The van der Waals surface area contributed by atoms with Crippen molar-refractivity contribution in [3.8, 4) is 11.5 Å². The molecular weight excluding hydrogens is 314 g/mol. The summed E-state index contributed by atoms with van der Waals surface area (Å²) in [5.74, 6) is -0.265. The summed E-state index contributed by atoms with van der Waals surface area (Å²) in [5.41, 5.74) is 3.39. The number of aryl methyl sites for hydroxylation is 2. The maximum atomic E-state index is 12.2. The number of nitrogens with zero attached hydrogens (tertiary/aromatic N) is 2. The van der Waals surface area contributed by atoms with Gasteiger partial charge in [0.2, 0.25) is 5.89 Å². The van der Waals surface area contributed by atoms with Crippen molar-refractivity contribution in [2.45, 2.75) is 13.8 Å². The molecule has 0 saturated heterocycles. The van der Waals surface area contributed by atoms with Crippen molar-refractivity contribution in [2.75, 3.05) is 5.32 Å². The molecule has 1 N–H and O–H groups in total. The molecule has 0 atom stereocenters. The van der Waals surface area contributed by atoms with Crippen LogP contribution < -0.4 is 5.32 Å². The molecule has 1 heterocycles. The minimum atomic E-state index is -0.471. The zero-order valence-corrected chi connectivity index (χ0v) is 13.4. The van der Waals surface area contributed by atoms with Crippen molar-refractivity contribution in [1.29, 1.82) is 0 Å². The number of aromatic nitrogens is 2. The highest BCUT2D eigenvalue weighted by Gasteiger charge is 2.16. The van der Waals surface area contributed by atoms with Crippen molar-refractivity contribution in [3.63, 3.8) is 0 Å². The Morgan fingerprint density at radius 2 is 1.83 bits per heavy atom. The number of anilines is 1. The number of rotatable bonds is 3. The second-order valence-corrected chi connectivity index (χ2v) is 5.63. The first-order chi connectivity index (χ1) is 11.0. The second-order valence-electron chi connectivity index (χ2n) is 5.19. The van der Waals surface area contributed by atoms with Gasteiger partial charge in [-0.25, -0.2) is 0 Å². The van der Waals surface area contributed by atoms with Crippen LogP contribution in [0.4, 0.5) is 5.69 Å². The van der Waals surface area contributed by atoms with Crippen LogP contribution in [0.15, 0.2) is 46.9 Å². The van der Waals surface area contributed by atoms with Crippen molar-refractivity contribution in [1.82, 2.24) is 10.2 Å². The Balaban J connectivity index is 1.81. The summed E-state index contributed by atoms with van der Waals surface area (Å²) in [6, 6.07) is 12.9. The number of hydrogen-bond donors (Lipinski definition) is 1. The van der Waals surface area contributed by atoms with Crippen LogP contribution in [-0.2, 0) is 0 Å². The highest BCUT2D eigenvalue weighted by Crippen LogP contribution is 2.22. The van der Waals surface area contributed by atoms with Crippen LogP contribution in [0.1, 0.15) is 21.8 Å². The molecule has 0 fully saturated rings. The summed E-state index contributed by atoms with van der Waals surface area (Å²) < 4.78 is 5.45. The Labute approximate surface area is 138 Å². The zero-order chi connectivity index (χ0) is 16.4. The lowest BCUT2D eigenvalue weighted by Gasteiger charge is -2.06. The van der Waals surface area contributed by atoms with Gasteiger partial charge in [0, 0.05) is 16.3 Å². The molecule has 0 radical (unpaired) electrons. The number of nitrogens with one attached hydrogen (secondary N) is 1. The first kappa shape index (κ1) is 15.2. The van der Waals surface area contributed by atoms with Crippen LogP contribution in [0.3, 0.4) is 0 Å². The monoisotopic (exact) mass is 327 g/mol. The van der Waals surface area contributed by atoms with E-state index in [-0.39, 0.29) is 5.89 Å². The van der Waals surface area contributed by atoms with Crippen LogP contribution in [0.2, 0.25) is 5.02 Å². The highest BCUT2D eigenvalue weighted by atomic mass is 35.5. The largest absolute Gasteiger partial charge is 0.412 e. The third-order valence-corrected chi connectivity index (χ3v) is 3.60. The Morgan fingerprint density at radius 3 is 2.57 bits per heavy atom. The Bertz CT molecular complexity index is 857. The zero-order valence-electron chi connectivity index (χ0n) is 12.6. The molecule has 5 nitrogen and oxygen atoms in total. The standard InChI is InChI=1S/C17H14ClN3O2/c1-10-3-6-12(7-4-10)16-20-21-17(23-16)15(22)19-14-9-13(18)8-5-11(14)2/h3-9H,1-2H3,(H,19,22). The summed E-state index contributed by atoms with van der Waals surface area (Å²) in [6.07, 6.45) is 0. The Kier molecular flexibility index (Phi) is 4.12. The summed E-state index contributed by atoms with van der Waals surface area (Å²) in [6.45, 7) is 3.86.